The summed E-state index contributed by atoms with van der Waals surface area (Å²) in [6.45, 7) is 4.19. The van der Waals surface area contributed by atoms with E-state index in [4.69, 9.17) is 4.74 Å². The van der Waals surface area contributed by atoms with Crippen molar-refractivity contribution in [2.45, 2.75) is 64.5 Å². The van der Waals surface area contributed by atoms with Gasteiger partial charge in [-0.3, -0.25) is 20.0 Å². The van der Waals surface area contributed by atoms with E-state index in [1.807, 2.05) is 6.92 Å². The van der Waals surface area contributed by atoms with E-state index in [-0.39, 0.29) is 28.9 Å². The minimum atomic E-state index is -0.562. The molecule has 1 amide bonds. The van der Waals surface area contributed by atoms with E-state index in [1.165, 1.54) is 6.42 Å². The highest BCUT2D eigenvalue weighted by Crippen LogP contribution is 2.53. The molecule has 0 aliphatic heterocycles. The van der Waals surface area contributed by atoms with Crippen LogP contribution in [0.2, 0.25) is 0 Å². The van der Waals surface area contributed by atoms with E-state index in [9.17, 15) is 14.9 Å². The summed E-state index contributed by atoms with van der Waals surface area (Å²) in [5.74, 6) is -0.476. The molecule has 8 heteroatoms. The molecular formula is C16H24N4O4. The second-order valence-electron chi connectivity index (χ2n) is 6.80. The fourth-order valence-electron chi connectivity index (χ4n) is 4.30. The maximum Gasteiger partial charge on any atom is 0.322 e. The Labute approximate surface area is 140 Å². The molecule has 0 radical (unpaired) electrons. The summed E-state index contributed by atoms with van der Waals surface area (Å²) in [5.41, 5.74) is -0.114. The number of H-pyrrole nitrogens is 1. The molecule has 1 heterocycles. The summed E-state index contributed by atoms with van der Waals surface area (Å²) in [7, 11) is 0. The molecule has 2 fully saturated rings. The number of aromatic amines is 1. The van der Waals surface area contributed by atoms with Crippen molar-refractivity contribution in [3.63, 3.8) is 0 Å². The first kappa shape index (κ1) is 16.9. The smallest absolute Gasteiger partial charge is 0.322 e. The molecule has 2 atom stereocenters. The second-order valence-corrected chi connectivity index (χ2v) is 6.80. The first-order valence-corrected chi connectivity index (χ1v) is 8.61. The van der Waals surface area contributed by atoms with Gasteiger partial charge < -0.3 is 10.1 Å². The molecule has 8 nitrogen and oxygen atoms in total. The van der Waals surface area contributed by atoms with Crippen molar-refractivity contribution in [3.05, 3.63) is 21.5 Å². The van der Waals surface area contributed by atoms with Crippen molar-refractivity contribution >= 4 is 11.6 Å². The Kier molecular flexibility index (Phi) is 4.58. The number of aromatic nitrogens is 2. The van der Waals surface area contributed by atoms with Crippen molar-refractivity contribution in [2.75, 3.05) is 6.61 Å². The number of nitrogens with one attached hydrogen (secondary N) is 2. The monoisotopic (exact) mass is 336 g/mol. The summed E-state index contributed by atoms with van der Waals surface area (Å²) in [6.07, 6.45) is 6.48. The Bertz CT molecular complexity index is 636. The highest BCUT2D eigenvalue weighted by atomic mass is 16.6. The lowest BCUT2D eigenvalue weighted by atomic mass is 9.55. The Morgan fingerprint density at radius 2 is 2.17 bits per heavy atom. The Hall–Kier alpha value is -1.96. The summed E-state index contributed by atoms with van der Waals surface area (Å²) in [5, 5.41) is 20.5. The van der Waals surface area contributed by atoms with Gasteiger partial charge in [-0.1, -0.05) is 19.3 Å². The van der Waals surface area contributed by atoms with E-state index in [2.05, 4.69) is 15.5 Å². The van der Waals surface area contributed by atoms with Crippen LogP contribution in [0.5, 0.6) is 0 Å². The zero-order chi connectivity index (χ0) is 17.3. The topological polar surface area (TPSA) is 110 Å². The number of nitrogens with zero attached hydrogens (tertiary/aromatic N) is 2. The van der Waals surface area contributed by atoms with Crippen LogP contribution >= 0.6 is 0 Å². The molecule has 1 aromatic rings. The molecule has 0 aromatic carbocycles. The summed E-state index contributed by atoms with van der Waals surface area (Å²) in [4.78, 5) is 23.1. The molecule has 0 saturated heterocycles. The van der Waals surface area contributed by atoms with Gasteiger partial charge in [-0.15, -0.1) is 0 Å². The van der Waals surface area contributed by atoms with Crippen molar-refractivity contribution in [2.24, 2.45) is 5.41 Å². The fraction of sp³-hybridized carbons (Fsp3) is 0.750. The number of hydrogen-bond acceptors (Lipinski definition) is 5. The average molecular weight is 336 g/mol. The average Bonchev–Trinajstić information content (AvgIpc) is 2.96. The summed E-state index contributed by atoms with van der Waals surface area (Å²) < 4.78 is 5.87. The van der Waals surface area contributed by atoms with E-state index in [0.717, 1.165) is 32.1 Å². The quantitative estimate of drug-likeness (QED) is 0.634. The number of hydrogen-bond donors (Lipinski definition) is 2. The van der Waals surface area contributed by atoms with Crippen molar-refractivity contribution in [1.29, 1.82) is 0 Å². The third kappa shape index (κ3) is 2.68. The predicted octanol–water partition coefficient (Wildman–Crippen LogP) is 2.48. The van der Waals surface area contributed by atoms with Crippen LogP contribution < -0.4 is 5.32 Å². The van der Waals surface area contributed by atoms with Gasteiger partial charge in [0.05, 0.1) is 11.0 Å². The van der Waals surface area contributed by atoms with Gasteiger partial charge in [0.15, 0.2) is 0 Å². The van der Waals surface area contributed by atoms with Gasteiger partial charge in [0, 0.05) is 18.1 Å². The Morgan fingerprint density at radius 3 is 2.79 bits per heavy atom. The maximum absolute atomic E-state index is 12.5. The highest BCUT2D eigenvalue weighted by molar-refractivity contribution is 5.96. The van der Waals surface area contributed by atoms with Gasteiger partial charge in [0.1, 0.15) is 5.69 Å². The van der Waals surface area contributed by atoms with Crippen molar-refractivity contribution < 1.29 is 14.5 Å². The summed E-state index contributed by atoms with van der Waals surface area (Å²) in [6, 6.07) is -0.00143. The lowest BCUT2D eigenvalue weighted by Gasteiger charge is -2.57. The molecule has 0 unspecified atom stereocenters. The van der Waals surface area contributed by atoms with Gasteiger partial charge in [-0.05, 0) is 33.1 Å². The zero-order valence-electron chi connectivity index (χ0n) is 14.1. The number of rotatable bonds is 5. The molecule has 1 spiro atoms. The van der Waals surface area contributed by atoms with Gasteiger partial charge in [-0.25, -0.2) is 0 Å². The Balaban J connectivity index is 1.76. The van der Waals surface area contributed by atoms with Gasteiger partial charge in [0.25, 0.3) is 5.91 Å². The molecule has 1 aromatic heterocycles. The molecule has 3 rings (SSSR count). The molecule has 24 heavy (non-hydrogen) atoms. The minimum absolute atomic E-state index is 0.00143. The zero-order valence-corrected chi connectivity index (χ0v) is 14.1. The second kappa shape index (κ2) is 6.51. The standard InChI is InChI=1S/C16H24N4O4/c1-3-24-12-9-11(16(12)7-5-4-6-8-16)17-15(21)13-14(20(22)23)10(2)18-19-13/h11-12H,3-9H2,1-2H3,(H,17,21)(H,18,19)/t11-,12+/m1/s1. The van der Waals surface area contributed by atoms with Gasteiger partial charge in [-0.2, -0.15) is 5.10 Å². The number of nitro groups is 1. The van der Waals surface area contributed by atoms with Crippen LogP contribution in [0.4, 0.5) is 5.69 Å². The highest BCUT2D eigenvalue weighted by Gasteiger charge is 2.56. The van der Waals surface area contributed by atoms with E-state index in [0.29, 0.717) is 12.3 Å². The van der Waals surface area contributed by atoms with E-state index >= 15 is 0 Å². The SMILES string of the molecule is CCO[C@H]1C[C@@H](NC(=O)c2n[nH]c(C)c2[N+](=O)[O-])C12CCCCC2. The molecule has 2 aliphatic carbocycles. The van der Waals surface area contributed by atoms with E-state index in [1.54, 1.807) is 6.92 Å². The van der Waals surface area contributed by atoms with Crippen molar-refractivity contribution in [3.8, 4) is 0 Å². The number of carbonyl (C=O) groups is 1. The van der Waals surface area contributed by atoms with Gasteiger partial charge in [0.2, 0.25) is 5.69 Å². The van der Waals surface area contributed by atoms with Crippen LogP contribution in [0.25, 0.3) is 0 Å². The third-order valence-corrected chi connectivity index (χ3v) is 5.56. The number of ether oxygens (including phenoxy) is 1. The molecule has 0 bridgehead atoms. The molecule has 2 saturated carbocycles. The Morgan fingerprint density at radius 1 is 1.46 bits per heavy atom. The molecule has 2 aliphatic rings. The lowest BCUT2D eigenvalue weighted by Crippen LogP contribution is -2.65. The number of aryl methyl sites for hydroxylation is 1. The van der Waals surface area contributed by atoms with Crippen molar-refractivity contribution in [1.82, 2.24) is 15.5 Å². The van der Waals surface area contributed by atoms with Crippen LogP contribution in [0.15, 0.2) is 0 Å². The molecule has 132 valence electrons. The van der Waals surface area contributed by atoms with Crippen LogP contribution in [0, 0.1) is 22.5 Å². The minimum Gasteiger partial charge on any atom is -0.378 e. The molecular weight excluding hydrogens is 312 g/mol. The predicted molar refractivity (Wildman–Crippen MR) is 86.8 cm³/mol. The molecule has 2 N–H and O–H groups in total. The van der Waals surface area contributed by atoms with Crippen LogP contribution in [0.1, 0.15) is 61.6 Å². The normalized spacial score (nSPS) is 25.2. The van der Waals surface area contributed by atoms with Crippen LogP contribution in [-0.2, 0) is 4.74 Å². The van der Waals surface area contributed by atoms with Crippen LogP contribution in [-0.4, -0.2) is 39.8 Å². The first-order valence-electron chi connectivity index (χ1n) is 8.61. The van der Waals surface area contributed by atoms with E-state index < -0.39 is 10.8 Å². The summed E-state index contributed by atoms with van der Waals surface area (Å²) >= 11 is 0. The van der Waals surface area contributed by atoms with Crippen LogP contribution in [0.3, 0.4) is 0 Å². The first-order chi connectivity index (χ1) is 11.5. The third-order valence-electron chi connectivity index (χ3n) is 5.56. The fourth-order valence-corrected chi connectivity index (χ4v) is 4.30. The van der Waals surface area contributed by atoms with Gasteiger partial charge >= 0.3 is 5.69 Å². The lowest BCUT2D eigenvalue weighted by molar-refractivity contribution is -0.385. The number of amides is 1. The maximum atomic E-state index is 12.5. The largest absolute Gasteiger partial charge is 0.378 e. The number of carbonyl (C=O) groups excluding carboxylic acids is 1.